The van der Waals surface area contributed by atoms with Gasteiger partial charge in [0.05, 0.1) is 28.8 Å². The summed E-state index contributed by atoms with van der Waals surface area (Å²) in [7, 11) is 0. The molecule has 0 bridgehead atoms. The van der Waals surface area contributed by atoms with Gasteiger partial charge in [0.15, 0.2) is 0 Å². The molecule has 0 fully saturated rings. The Balaban J connectivity index is 0.000000217. The number of nitrogens with zero attached hydrogens (tertiary/aromatic N) is 3. The van der Waals surface area contributed by atoms with E-state index < -0.39 is 28.8 Å². The van der Waals surface area contributed by atoms with Crippen LogP contribution in [0.15, 0.2) is 91.1 Å². The largest absolute Gasteiger partial charge is 2.00 e. The van der Waals surface area contributed by atoms with Crippen molar-refractivity contribution in [2.75, 3.05) is 18.0 Å². The van der Waals surface area contributed by atoms with Crippen LogP contribution in [0.1, 0.15) is 13.8 Å². The maximum atomic E-state index is 13.7. The molecule has 0 saturated carbocycles. The van der Waals surface area contributed by atoms with E-state index in [0.29, 0.717) is 0 Å². The van der Waals surface area contributed by atoms with Crippen molar-refractivity contribution in [3.63, 3.8) is 0 Å². The monoisotopic (exact) mass is 722 g/mol. The Hall–Kier alpha value is -3.83. The van der Waals surface area contributed by atoms with Crippen molar-refractivity contribution in [1.82, 2.24) is 9.97 Å². The van der Waals surface area contributed by atoms with Crippen LogP contribution in [0.2, 0.25) is 0 Å². The zero-order valence-electron chi connectivity index (χ0n) is 21.7. The van der Waals surface area contributed by atoms with Gasteiger partial charge in [-0.1, -0.05) is 41.5 Å². The summed E-state index contributed by atoms with van der Waals surface area (Å²) in [6.07, 6.45) is 1.78. The summed E-state index contributed by atoms with van der Waals surface area (Å²) < 4.78 is 53.5. The predicted octanol–water partition coefficient (Wildman–Crippen LogP) is 8.16. The van der Waals surface area contributed by atoms with Crippen molar-refractivity contribution in [2.45, 2.75) is 13.8 Å². The van der Waals surface area contributed by atoms with Gasteiger partial charge in [0.25, 0.3) is 0 Å². The molecule has 0 aliphatic rings. The second-order valence-electron chi connectivity index (χ2n) is 8.37. The molecule has 0 aliphatic heterocycles. The number of hydrogen-bond donors (Lipinski definition) is 0. The quantitative estimate of drug-likeness (QED) is 0.0767. The van der Waals surface area contributed by atoms with Crippen LogP contribution in [0.25, 0.3) is 33.8 Å². The summed E-state index contributed by atoms with van der Waals surface area (Å²) >= 11 is 0. The van der Waals surface area contributed by atoms with Gasteiger partial charge < -0.3 is 4.90 Å². The first-order valence-corrected chi connectivity index (χ1v) is 12.4. The molecule has 0 unspecified atom stereocenters. The van der Waals surface area contributed by atoms with E-state index in [4.69, 9.17) is 0 Å². The first kappa shape index (κ1) is 30.7. The summed E-state index contributed by atoms with van der Waals surface area (Å²) in [6, 6.07) is 30.6. The SMILES string of the molecule is CCN(CC)c1ccc(-c2c(F)[c-]c(F)c(F)c2F)cc1.[Pt+2].[c-]1ccccc1-c1cccc(-c2ccccn2)n1. The zero-order valence-corrected chi connectivity index (χ0v) is 24.0. The molecule has 0 radical (unpaired) electrons. The molecule has 8 heteroatoms. The zero-order chi connectivity index (χ0) is 27.8. The normalized spacial score (nSPS) is 10.2. The van der Waals surface area contributed by atoms with E-state index in [1.54, 1.807) is 24.4 Å². The van der Waals surface area contributed by atoms with Crippen LogP contribution in [0.4, 0.5) is 23.2 Å². The van der Waals surface area contributed by atoms with Crippen molar-refractivity contribution >= 4 is 5.69 Å². The molecule has 3 nitrogen and oxygen atoms in total. The van der Waals surface area contributed by atoms with Gasteiger partial charge in [-0.2, -0.15) is 0 Å². The second kappa shape index (κ2) is 14.5. The van der Waals surface area contributed by atoms with E-state index in [-0.39, 0.29) is 26.6 Å². The van der Waals surface area contributed by atoms with Gasteiger partial charge in [0.1, 0.15) is 0 Å². The van der Waals surface area contributed by atoms with Gasteiger partial charge in [0.2, 0.25) is 0 Å². The second-order valence-corrected chi connectivity index (χ2v) is 8.37. The fourth-order valence-corrected chi connectivity index (χ4v) is 3.99. The molecule has 0 atom stereocenters. The Morgan fingerprint density at radius 1 is 0.700 bits per heavy atom. The van der Waals surface area contributed by atoms with Gasteiger partial charge in [-0.15, -0.1) is 42.0 Å². The predicted molar refractivity (Wildman–Crippen MR) is 146 cm³/mol. The van der Waals surface area contributed by atoms with E-state index >= 15 is 0 Å². The Kier molecular flexibility index (Phi) is 11.1. The topological polar surface area (TPSA) is 29.0 Å². The van der Waals surface area contributed by atoms with Gasteiger partial charge >= 0.3 is 21.1 Å². The Labute approximate surface area is 245 Å². The van der Waals surface area contributed by atoms with E-state index in [1.807, 2.05) is 79.4 Å². The Morgan fingerprint density at radius 2 is 1.38 bits per heavy atom. The molecule has 2 heterocycles. The first-order valence-electron chi connectivity index (χ1n) is 12.4. The smallest absolute Gasteiger partial charge is 0.372 e. The molecule has 5 rings (SSSR count). The third-order valence-electron chi connectivity index (χ3n) is 5.99. The Morgan fingerprint density at radius 3 is 2.00 bits per heavy atom. The standard InChI is InChI=1S/C16H14F4N.C16H11N2.Pt/c1-3-21(4-2)11-7-5-10(6-8-11)14-12(17)9-13(18)15(19)16(14)20;1-2-7-13(8-3-1)14-10-6-11-16(18-14)15-9-4-5-12-17-15;/h5-8H,3-4H2,1-2H3;1-7,9-12H;/q2*-1;+2. The van der Waals surface area contributed by atoms with E-state index in [0.717, 1.165) is 41.4 Å². The van der Waals surface area contributed by atoms with Gasteiger partial charge in [0, 0.05) is 30.8 Å². The van der Waals surface area contributed by atoms with Crippen molar-refractivity contribution < 1.29 is 38.6 Å². The third kappa shape index (κ3) is 7.22. The number of aromatic nitrogens is 2. The molecule has 0 N–H and O–H groups in total. The molecule has 3 aromatic carbocycles. The minimum absolute atomic E-state index is 0. The van der Waals surface area contributed by atoms with Crippen molar-refractivity contribution in [3.8, 4) is 33.8 Å². The molecular formula is C32H25F4N3Pt. The summed E-state index contributed by atoms with van der Waals surface area (Å²) in [5.74, 6) is -6.17. The van der Waals surface area contributed by atoms with E-state index in [2.05, 4.69) is 16.0 Å². The van der Waals surface area contributed by atoms with Crippen molar-refractivity contribution in [2.24, 2.45) is 0 Å². The molecule has 0 amide bonds. The summed E-state index contributed by atoms with van der Waals surface area (Å²) in [6.45, 7) is 5.55. The van der Waals surface area contributed by atoms with Crippen LogP contribution in [-0.4, -0.2) is 23.1 Å². The van der Waals surface area contributed by atoms with E-state index in [9.17, 15) is 17.6 Å². The summed E-state index contributed by atoms with van der Waals surface area (Å²) in [5.41, 5.74) is 4.09. The molecule has 2 aromatic heterocycles. The molecule has 0 saturated heterocycles. The fraction of sp³-hybridized carbons (Fsp3) is 0.125. The molecule has 40 heavy (non-hydrogen) atoms. The van der Waals surface area contributed by atoms with Crippen LogP contribution in [0, 0.1) is 35.4 Å². The maximum absolute atomic E-state index is 13.7. The number of benzene rings is 3. The van der Waals surface area contributed by atoms with Crippen LogP contribution in [0.5, 0.6) is 0 Å². The minimum Gasteiger partial charge on any atom is -0.372 e. The maximum Gasteiger partial charge on any atom is 2.00 e. The van der Waals surface area contributed by atoms with Crippen LogP contribution < -0.4 is 4.90 Å². The minimum atomic E-state index is -1.72. The van der Waals surface area contributed by atoms with Crippen molar-refractivity contribution in [3.05, 3.63) is 127 Å². The Bertz CT molecular complexity index is 1460. The number of rotatable bonds is 6. The third-order valence-corrected chi connectivity index (χ3v) is 5.99. The number of pyridine rings is 2. The number of halogens is 4. The fourth-order valence-electron chi connectivity index (χ4n) is 3.99. The number of anilines is 1. The number of hydrogen-bond acceptors (Lipinski definition) is 3. The van der Waals surface area contributed by atoms with Crippen LogP contribution >= 0.6 is 0 Å². The van der Waals surface area contributed by atoms with Gasteiger partial charge in [-0.25, -0.2) is 13.2 Å². The summed E-state index contributed by atoms with van der Waals surface area (Å²) in [4.78, 5) is 11.0. The average molecular weight is 723 g/mol. The molecule has 0 spiro atoms. The van der Waals surface area contributed by atoms with E-state index in [1.165, 1.54) is 12.1 Å². The molecule has 0 aliphatic carbocycles. The average Bonchev–Trinajstić information content (AvgIpc) is 2.99. The van der Waals surface area contributed by atoms with Crippen LogP contribution in [-0.2, 0) is 21.1 Å². The van der Waals surface area contributed by atoms with Gasteiger partial charge in [-0.3, -0.25) is 14.4 Å². The van der Waals surface area contributed by atoms with Crippen molar-refractivity contribution in [1.29, 1.82) is 0 Å². The first-order chi connectivity index (χ1) is 18.9. The molecular weight excluding hydrogens is 697 g/mol. The molecule has 206 valence electrons. The van der Waals surface area contributed by atoms with Crippen LogP contribution in [0.3, 0.4) is 0 Å². The van der Waals surface area contributed by atoms with Gasteiger partial charge in [-0.05, 0) is 49.9 Å². The summed E-state index contributed by atoms with van der Waals surface area (Å²) in [5, 5.41) is 0. The molecule has 5 aromatic rings.